The summed E-state index contributed by atoms with van der Waals surface area (Å²) < 4.78 is 7.66. The van der Waals surface area contributed by atoms with Crippen molar-refractivity contribution in [2.45, 2.75) is 46.6 Å². The summed E-state index contributed by atoms with van der Waals surface area (Å²) in [6, 6.07) is 7.50. The summed E-state index contributed by atoms with van der Waals surface area (Å²) >= 11 is 0. The van der Waals surface area contributed by atoms with Crippen molar-refractivity contribution >= 4 is 34.2 Å². The first kappa shape index (κ1) is 20.9. The average molecular weight is 421 g/mol. The van der Waals surface area contributed by atoms with Crippen LogP contribution in [0.25, 0.3) is 10.9 Å². The maximum atomic E-state index is 12.8. The van der Waals surface area contributed by atoms with Crippen LogP contribution in [-0.2, 0) is 17.8 Å². The van der Waals surface area contributed by atoms with E-state index in [2.05, 4.69) is 5.32 Å². The zero-order valence-corrected chi connectivity index (χ0v) is 18.2. The Morgan fingerprint density at radius 2 is 1.94 bits per heavy atom. The monoisotopic (exact) mass is 421 g/mol. The fourth-order valence-corrected chi connectivity index (χ4v) is 4.29. The van der Waals surface area contributed by atoms with Gasteiger partial charge in [-0.25, -0.2) is 0 Å². The van der Waals surface area contributed by atoms with Gasteiger partial charge in [0.25, 0.3) is 5.91 Å². The second-order valence-electron chi connectivity index (χ2n) is 7.87. The third-order valence-electron chi connectivity index (χ3n) is 5.96. The second kappa shape index (κ2) is 8.41. The highest BCUT2D eigenvalue weighted by Gasteiger charge is 2.28. The Labute approximate surface area is 181 Å². The number of nitrogens with zero attached hydrogens (tertiary/aromatic N) is 2. The fourth-order valence-electron chi connectivity index (χ4n) is 4.29. The van der Waals surface area contributed by atoms with Crippen LogP contribution < -0.4 is 5.32 Å². The van der Waals surface area contributed by atoms with Gasteiger partial charge in [-0.1, -0.05) is 0 Å². The Bertz CT molecular complexity index is 1170. The molecule has 0 atom stereocenters. The zero-order chi connectivity index (χ0) is 22.1. The molecule has 1 aromatic carbocycles. The van der Waals surface area contributed by atoms with Crippen LogP contribution in [0.4, 0.5) is 5.69 Å². The minimum atomic E-state index is -0.366. The number of fused-ring (bicyclic) bond motifs is 2. The summed E-state index contributed by atoms with van der Waals surface area (Å²) in [6.45, 7) is 7.35. The number of nitrogens with one attached hydrogen (secondary N) is 1. The smallest absolute Gasteiger partial charge is 0.291 e. The van der Waals surface area contributed by atoms with Crippen LogP contribution >= 0.6 is 0 Å². The molecule has 1 N–H and O–H groups in total. The Morgan fingerprint density at radius 1 is 1.16 bits per heavy atom. The molecule has 7 heteroatoms. The molecule has 0 saturated carbocycles. The van der Waals surface area contributed by atoms with E-state index in [1.165, 1.54) is 0 Å². The summed E-state index contributed by atoms with van der Waals surface area (Å²) in [5.41, 5.74) is 2.74. The van der Waals surface area contributed by atoms with Gasteiger partial charge in [0.05, 0.1) is 5.56 Å². The zero-order valence-electron chi connectivity index (χ0n) is 18.2. The molecule has 0 bridgehead atoms. The lowest BCUT2D eigenvalue weighted by atomic mass is 9.94. The number of hydrogen-bond acceptors (Lipinski definition) is 4. The van der Waals surface area contributed by atoms with E-state index in [1.807, 2.05) is 48.9 Å². The van der Waals surface area contributed by atoms with Crippen molar-refractivity contribution in [3.05, 3.63) is 53.1 Å². The van der Waals surface area contributed by atoms with E-state index < -0.39 is 0 Å². The first-order valence-corrected chi connectivity index (χ1v) is 10.8. The molecule has 0 saturated heterocycles. The Balaban J connectivity index is 1.53. The molecule has 2 aromatic heterocycles. The molecule has 0 spiro atoms. The van der Waals surface area contributed by atoms with Crippen LogP contribution in [0.5, 0.6) is 0 Å². The number of aryl methyl sites for hydroxylation is 1. The van der Waals surface area contributed by atoms with Crippen molar-refractivity contribution < 1.29 is 18.8 Å². The van der Waals surface area contributed by atoms with E-state index in [4.69, 9.17) is 4.42 Å². The molecule has 3 aromatic rings. The van der Waals surface area contributed by atoms with Crippen molar-refractivity contribution in [1.29, 1.82) is 0 Å². The van der Waals surface area contributed by atoms with Crippen LogP contribution in [0.1, 0.15) is 58.9 Å². The molecule has 2 heterocycles. The quantitative estimate of drug-likeness (QED) is 0.647. The summed E-state index contributed by atoms with van der Waals surface area (Å²) in [6.07, 6.45) is 3.82. The van der Waals surface area contributed by atoms with Gasteiger partial charge in [-0.3, -0.25) is 14.4 Å². The maximum absolute atomic E-state index is 12.8. The number of amides is 2. The SMILES string of the molecule is CCN(CC)C(=O)Cn1ccc2cc(NC(=O)c3oc4c(c3C)C(=O)CCC4)ccc21. The van der Waals surface area contributed by atoms with Crippen molar-refractivity contribution in [1.82, 2.24) is 9.47 Å². The number of furan rings is 1. The highest BCUT2D eigenvalue weighted by Crippen LogP contribution is 2.30. The van der Waals surface area contributed by atoms with E-state index >= 15 is 0 Å². The van der Waals surface area contributed by atoms with Crippen LogP contribution in [0, 0.1) is 6.92 Å². The number of carbonyl (C=O) groups excluding carboxylic acids is 3. The standard InChI is InChI=1S/C24H27N3O4/c1-4-26(5-2)21(29)14-27-12-11-16-13-17(9-10-18(16)27)25-24(30)23-15(3)22-19(28)7-6-8-20(22)31-23/h9-13H,4-8,14H2,1-3H3,(H,25,30). The number of rotatable bonds is 6. The summed E-state index contributed by atoms with van der Waals surface area (Å²) in [4.78, 5) is 39.2. The number of likely N-dealkylation sites (N-methyl/N-ethyl adjacent to an activating group) is 1. The van der Waals surface area contributed by atoms with E-state index in [-0.39, 0.29) is 29.9 Å². The van der Waals surface area contributed by atoms with Crippen molar-refractivity contribution in [2.24, 2.45) is 0 Å². The first-order chi connectivity index (χ1) is 14.9. The lowest BCUT2D eigenvalue weighted by Gasteiger charge is -2.19. The third-order valence-corrected chi connectivity index (χ3v) is 5.96. The molecule has 1 aliphatic carbocycles. The summed E-state index contributed by atoms with van der Waals surface area (Å²) in [5.74, 6) is 0.567. The molecule has 0 radical (unpaired) electrons. The molecular formula is C24H27N3O4. The lowest BCUT2D eigenvalue weighted by molar-refractivity contribution is -0.131. The molecule has 0 fully saturated rings. The van der Waals surface area contributed by atoms with E-state index in [0.29, 0.717) is 48.5 Å². The van der Waals surface area contributed by atoms with Crippen LogP contribution in [0.2, 0.25) is 0 Å². The summed E-state index contributed by atoms with van der Waals surface area (Å²) in [7, 11) is 0. The first-order valence-electron chi connectivity index (χ1n) is 10.8. The Morgan fingerprint density at radius 3 is 2.65 bits per heavy atom. The number of Topliss-reactive ketones (excluding diaryl/α,β-unsaturated/α-hetero) is 1. The molecule has 2 amide bonds. The number of carbonyl (C=O) groups is 3. The number of ketones is 1. The molecule has 0 unspecified atom stereocenters. The van der Waals surface area contributed by atoms with E-state index in [9.17, 15) is 14.4 Å². The predicted octanol–water partition coefficient (Wildman–Crippen LogP) is 4.18. The molecule has 4 rings (SSSR count). The number of aromatic nitrogens is 1. The van der Waals surface area contributed by atoms with Gasteiger partial charge < -0.3 is 19.2 Å². The lowest BCUT2D eigenvalue weighted by Crippen LogP contribution is -2.33. The third kappa shape index (κ3) is 3.87. The van der Waals surface area contributed by atoms with Crippen LogP contribution in [0.3, 0.4) is 0 Å². The van der Waals surface area contributed by atoms with Crippen molar-refractivity contribution in [3.63, 3.8) is 0 Å². The second-order valence-corrected chi connectivity index (χ2v) is 7.87. The van der Waals surface area contributed by atoms with E-state index in [1.54, 1.807) is 11.8 Å². The summed E-state index contributed by atoms with van der Waals surface area (Å²) in [5, 5.41) is 3.80. The topological polar surface area (TPSA) is 84.6 Å². The molecule has 31 heavy (non-hydrogen) atoms. The minimum absolute atomic E-state index is 0.0450. The van der Waals surface area contributed by atoms with Gasteiger partial charge in [0.2, 0.25) is 5.91 Å². The highest BCUT2D eigenvalue weighted by atomic mass is 16.4. The molecule has 162 valence electrons. The molecule has 7 nitrogen and oxygen atoms in total. The van der Waals surface area contributed by atoms with Gasteiger partial charge in [-0.15, -0.1) is 0 Å². The largest absolute Gasteiger partial charge is 0.455 e. The number of anilines is 1. The van der Waals surface area contributed by atoms with Gasteiger partial charge in [-0.05, 0) is 51.5 Å². The minimum Gasteiger partial charge on any atom is -0.455 e. The normalized spacial score (nSPS) is 13.3. The molecule has 0 aliphatic heterocycles. The van der Waals surface area contributed by atoms with Crippen molar-refractivity contribution in [3.8, 4) is 0 Å². The predicted molar refractivity (Wildman–Crippen MR) is 119 cm³/mol. The average Bonchev–Trinajstić information content (AvgIpc) is 3.30. The number of benzene rings is 1. The Kier molecular flexibility index (Phi) is 5.67. The van der Waals surface area contributed by atoms with Gasteiger partial charge in [0, 0.05) is 54.3 Å². The molecule has 1 aliphatic rings. The van der Waals surface area contributed by atoms with Gasteiger partial charge in [0.1, 0.15) is 12.3 Å². The molecular weight excluding hydrogens is 394 g/mol. The van der Waals surface area contributed by atoms with Gasteiger partial charge >= 0.3 is 0 Å². The fraction of sp³-hybridized carbons (Fsp3) is 0.375. The van der Waals surface area contributed by atoms with Gasteiger partial charge in [-0.2, -0.15) is 0 Å². The maximum Gasteiger partial charge on any atom is 0.291 e. The van der Waals surface area contributed by atoms with E-state index in [0.717, 1.165) is 17.3 Å². The number of hydrogen-bond donors (Lipinski definition) is 1. The van der Waals surface area contributed by atoms with Gasteiger partial charge in [0.15, 0.2) is 11.5 Å². The Hall–Kier alpha value is -3.35. The van der Waals surface area contributed by atoms with Crippen LogP contribution in [0.15, 0.2) is 34.9 Å². The van der Waals surface area contributed by atoms with Crippen molar-refractivity contribution in [2.75, 3.05) is 18.4 Å². The van der Waals surface area contributed by atoms with Crippen LogP contribution in [-0.4, -0.2) is 40.2 Å². The highest BCUT2D eigenvalue weighted by molar-refractivity contribution is 6.08.